The van der Waals surface area contributed by atoms with Crippen LogP contribution in [-0.2, 0) is 4.79 Å². The molecular formula is C14H32IN5O. The zero-order valence-corrected chi connectivity index (χ0v) is 16.6. The van der Waals surface area contributed by atoms with Gasteiger partial charge in [-0.05, 0) is 41.3 Å². The molecule has 0 saturated carbocycles. The number of amides is 1. The van der Waals surface area contributed by atoms with Crippen molar-refractivity contribution < 1.29 is 4.79 Å². The minimum atomic E-state index is -0.220. The molecule has 0 saturated heterocycles. The number of likely N-dealkylation sites (N-methyl/N-ethyl adjacent to an activating group) is 1. The number of hydrogen-bond donors (Lipinski definition) is 3. The van der Waals surface area contributed by atoms with Gasteiger partial charge in [0.05, 0.1) is 0 Å². The molecule has 0 spiro atoms. The van der Waals surface area contributed by atoms with E-state index in [2.05, 4.69) is 39.8 Å². The predicted octanol–water partition coefficient (Wildman–Crippen LogP) is 1.03. The third-order valence-corrected chi connectivity index (χ3v) is 2.57. The molecule has 0 atom stereocenters. The van der Waals surface area contributed by atoms with Crippen molar-refractivity contribution >= 4 is 35.8 Å². The summed E-state index contributed by atoms with van der Waals surface area (Å²) in [4.78, 5) is 18.2. The molecule has 0 aromatic heterocycles. The van der Waals surface area contributed by atoms with Crippen LogP contribution in [0.1, 0.15) is 34.6 Å². The van der Waals surface area contributed by atoms with Crippen molar-refractivity contribution in [2.45, 2.75) is 40.2 Å². The molecule has 7 heteroatoms. The van der Waals surface area contributed by atoms with Crippen LogP contribution in [0.15, 0.2) is 4.99 Å². The quantitative estimate of drug-likeness (QED) is 0.331. The smallest absolute Gasteiger partial charge is 0.242 e. The molecule has 0 fully saturated rings. The van der Waals surface area contributed by atoms with Crippen LogP contribution in [0.3, 0.4) is 0 Å². The summed E-state index contributed by atoms with van der Waals surface area (Å²) < 4.78 is 0. The van der Waals surface area contributed by atoms with Gasteiger partial charge in [-0.3, -0.25) is 4.79 Å². The summed E-state index contributed by atoms with van der Waals surface area (Å²) in [6.45, 7) is 13.7. The van der Waals surface area contributed by atoms with E-state index < -0.39 is 0 Å². The second kappa shape index (κ2) is 12.0. The van der Waals surface area contributed by atoms with E-state index in [-0.39, 0.29) is 42.0 Å². The highest BCUT2D eigenvalue weighted by Gasteiger charge is 2.13. The van der Waals surface area contributed by atoms with Gasteiger partial charge in [0.1, 0.15) is 6.54 Å². The average molecular weight is 413 g/mol. The second-order valence-corrected chi connectivity index (χ2v) is 5.82. The first-order valence-corrected chi connectivity index (χ1v) is 7.30. The summed E-state index contributed by atoms with van der Waals surface area (Å²) >= 11 is 0. The van der Waals surface area contributed by atoms with E-state index >= 15 is 0 Å². The van der Waals surface area contributed by atoms with Gasteiger partial charge in [-0.25, -0.2) is 4.99 Å². The minimum Gasteiger partial charge on any atom is -0.357 e. The first-order valence-electron chi connectivity index (χ1n) is 7.30. The lowest BCUT2D eigenvalue weighted by Gasteiger charge is -2.20. The third-order valence-electron chi connectivity index (χ3n) is 2.57. The molecule has 0 heterocycles. The van der Waals surface area contributed by atoms with E-state index in [1.807, 2.05) is 27.7 Å². The van der Waals surface area contributed by atoms with Crippen molar-refractivity contribution in [3.63, 3.8) is 0 Å². The molecule has 0 bridgehead atoms. The summed E-state index contributed by atoms with van der Waals surface area (Å²) in [5, 5.41) is 9.24. The van der Waals surface area contributed by atoms with Crippen LogP contribution >= 0.6 is 24.0 Å². The maximum atomic E-state index is 11.7. The van der Waals surface area contributed by atoms with Crippen molar-refractivity contribution in [1.29, 1.82) is 0 Å². The molecule has 0 aliphatic rings. The van der Waals surface area contributed by atoms with Crippen LogP contribution < -0.4 is 16.0 Å². The SMILES string of the molecule is CCNC(=NCC(=O)NC(C)(C)C)NCCN(C)CC.I. The lowest BCUT2D eigenvalue weighted by Crippen LogP contribution is -2.44. The fraction of sp³-hybridized carbons (Fsp3) is 0.857. The molecular weight excluding hydrogens is 381 g/mol. The van der Waals surface area contributed by atoms with Gasteiger partial charge in [-0.2, -0.15) is 0 Å². The topological polar surface area (TPSA) is 68.8 Å². The Hall–Kier alpha value is -0.570. The van der Waals surface area contributed by atoms with Gasteiger partial charge in [-0.15, -0.1) is 24.0 Å². The summed E-state index contributed by atoms with van der Waals surface area (Å²) in [6.07, 6.45) is 0. The maximum Gasteiger partial charge on any atom is 0.242 e. The number of halogens is 1. The van der Waals surface area contributed by atoms with E-state index in [0.717, 1.165) is 26.2 Å². The highest BCUT2D eigenvalue weighted by molar-refractivity contribution is 14.0. The second-order valence-electron chi connectivity index (χ2n) is 5.82. The van der Waals surface area contributed by atoms with Crippen molar-refractivity contribution in [2.24, 2.45) is 4.99 Å². The molecule has 0 aliphatic carbocycles. The van der Waals surface area contributed by atoms with E-state index in [0.29, 0.717) is 5.96 Å². The van der Waals surface area contributed by atoms with Gasteiger partial charge < -0.3 is 20.9 Å². The molecule has 0 aliphatic heterocycles. The number of rotatable bonds is 7. The molecule has 0 unspecified atom stereocenters. The average Bonchev–Trinajstić information content (AvgIpc) is 2.33. The van der Waals surface area contributed by atoms with Gasteiger partial charge in [-0.1, -0.05) is 6.92 Å². The summed E-state index contributed by atoms with van der Waals surface area (Å²) in [5.41, 5.74) is -0.220. The molecule has 0 rings (SSSR count). The highest BCUT2D eigenvalue weighted by atomic mass is 127. The van der Waals surface area contributed by atoms with E-state index in [4.69, 9.17) is 0 Å². The van der Waals surface area contributed by atoms with Gasteiger partial charge >= 0.3 is 0 Å². The van der Waals surface area contributed by atoms with E-state index in [9.17, 15) is 4.79 Å². The Morgan fingerprint density at radius 3 is 2.29 bits per heavy atom. The Balaban J connectivity index is 0. The van der Waals surface area contributed by atoms with Crippen LogP contribution in [0, 0.1) is 0 Å². The number of carbonyl (C=O) groups is 1. The maximum absolute atomic E-state index is 11.7. The highest BCUT2D eigenvalue weighted by Crippen LogP contribution is 1.97. The number of hydrogen-bond acceptors (Lipinski definition) is 3. The van der Waals surface area contributed by atoms with Crippen LogP contribution in [-0.4, -0.2) is 62.1 Å². The van der Waals surface area contributed by atoms with Crippen LogP contribution in [0.4, 0.5) is 0 Å². The first kappa shape index (κ1) is 22.7. The first-order chi connectivity index (χ1) is 9.28. The Bertz CT molecular complexity index is 315. The van der Waals surface area contributed by atoms with Gasteiger partial charge in [0.2, 0.25) is 5.91 Å². The van der Waals surface area contributed by atoms with Gasteiger partial charge in [0.15, 0.2) is 5.96 Å². The number of aliphatic imine (C=N–C) groups is 1. The van der Waals surface area contributed by atoms with Crippen molar-refractivity contribution in [2.75, 3.05) is 39.8 Å². The molecule has 3 N–H and O–H groups in total. The normalized spacial score (nSPS) is 11.9. The Morgan fingerprint density at radius 1 is 1.19 bits per heavy atom. The number of nitrogens with one attached hydrogen (secondary N) is 3. The van der Waals surface area contributed by atoms with Crippen molar-refractivity contribution in [1.82, 2.24) is 20.9 Å². The van der Waals surface area contributed by atoms with Crippen molar-refractivity contribution in [3.05, 3.63) is 0 Å². The fourth-order valence-corrected chi connectivity index (χ4v) is 1.47. The molecule has 0 aromatic rings. The summed E-state index contributed by atoms with van der Waals surface area (Å²) in [5.74, 6) is 0.612. The fourth-order valence-electron chi connectivity index (χ4n) is 1.47. The monoisotopic (exact) mass is 413 g/mol. The zero-order chi connectivity index (χ0) is 15.6. The van der Waals surface area contributed by atoms with Gasteiger partial charge in [0.25, 0.3) is 0 Å². The summed E-state index contributed by atoms with van der Waals surface area (Å²) in [7, 11) is 2.07. The third kappa shape index (κ3) is 14.1. The van der Waals surface area contributed by atoms with Crippen LogP contribution in [0.5, 0.6) is 0 Å². The molecule has 0 radical (unpaired) electrons. The van der Waals surface area contributed by atoms with Crippen LogP contribution in [0.25, 0.3) is 0 Å². The van der Waals surface area contributed by atoms with Crippen LogP contribution in [0.2, 0.25) is 0 Å². The number of carbonyl (C=O) groups excluding carboxylic acids is 1. The molecule has 21 heavy (non-hydrogen) atoms. The number of nitrogens with zero attached hydrogens (tertiary/aromatic N) is 2. The Labute approximate surface area is 146 Å². The molecule has 6 nitrogen and oxygen atoms in total. The van der Waals surface area contributed by atoms with Crippen molar-refractivity contribution in [3.8, 4) is 0 Å². The lowest BCUT2D eigenvalue weighted by molar-refractivity contribution is -0.121. The largest absolute Gasteiger partial charge is 0.357 e. The summed E-state index contributed by atoms with van der Waals surface area (Å²) in [6, 6.07) is 0. The standard InChI is InChI=1S/C14H31N5O.HI/c1-7-15-13(16-9-10-19(6)8-2)17-11-12(20)18-14(3,4)5;/h7-11H2,1-6H3,(H,18,20)(H2,15,16,17);1H. The Morgan fingerprint density at radius 2 is 1.81 bits per heavy atom. The number of guanidine groups is 1. The van der Waals surface area contributed by atoms with E-state index in [1.54, 1.807) is 0 Å². The zero-order valence-electron chi connectivity index (χ0n) is 14.2. The lowest BCUT2D eigenvalue weighted by atomic mass is 10.1. The Kier molecular flexibility index (Phi) is 13.0. The molecule has 126 valence electrons. The minimum absolute atomic E-state index is 0. The molecule has 0 aromatic carbocycles. The van der Waals surface area contributed by atoms with Gasteiger partial charge in [0, 0.05) is 25.2 Å². The predicted molar refractivity (Wildman–Crippen MR) is 100 cm³/mol. The van der Waals surface area contributed by atoms with E-state index in [1.165, 1.54) is 0 Å². The molecule has 1 amide bonds.